The first kappa shape index (κ1) is 11.9. The first-order valence-electron chi connectivity index (χ1n) is 5.31. The first-order chi connectivity index (χ1) is 7.31. The van der Waals surface area contributed by atoms with Gasteiger partial charge in [0.2, 0.25) is 0 Å². The van der Waals surface area contributed by atoms with Gasteiger partial charge >= 0.3 is 0 Å². The molecule has 0 heterocycles. The summed E-state index contributed by atoms with van der Waals surface area (Å²) < 4.78 is 11.0. The van der Waals surface area contributed by atoms with Crippen molar-refractivity contribution in [1.82, 2.24) is 0 Å². The van der Waals surface area contributed by atoms with E-state index in [1.165, 1.54) is 0 Å². The van der Waals surface area contributed by atoms with Crippen molar-refractivity contribution in [3.8, 4) is 11.5 Å². The van der Waals surface area contributed by atoms with E-state index < -0.39 is 0 Å². The molecule has 84 valence electrons. The minimum absolute atomic E-state index is 0.0220. The van der Waals surface area contributed by atoms with E-state index in [1.54, 1.807) is 0 Å². The highest BCUT2D eigenvalue weighted by molar-refractivity contribution is 5.42. The van der Waals surface area contributed by atoms with Gasteiger partial charge in [0.05, 0.1) is 19.8 Å². The van der Waals surface area contributed by atoms with E-state index in [9.17, 15) is 0 Å². The second kappa shape index (κ2) is 6.30. The Kier molecular flexibility index (Phi) is 4.98. The molecule has 0 aliphatic rings. The van der Waals surface area contributed by atoms with Crippen molar-refractivity contribution >= 4 is 0 Å². The number of hydrogen-bond acceptors (Lipinski definition) is 3. The maximum absolute atomic E-state index is 9.00. The normalized spacial score (nSPS) is 10.1. The highest BCUT2D eigenvalue weighted by Gasteiger charge is 2.05. The van der Waals surface area contributed by atoms with Gasteiger partial charge in [-0.3, -0.25) is 0 Å². The van der Waals surface area contributed by atoms with Gasteiger partial charge in [-0.2, -0.15) is 0 Å². The van der Waals surface area contributed by atoms with Gasteiger partial charge in [-0.25, -0.2) is 0 Å². The molecule has 1 aromatic carbocycles. The highest BCUT2D eigenvalue weighted by atomic mass is 16.5. The van der Waals surface area contributed by atoms with Crippen LogP contribution < -0.4 is 9.47 Å². The molecule has 1 rings (SSSR count). The summed E-state index contributed by atoms with van der Waals surface area (Å²) in [5, 5.41) is 9.00. The van der Waals surface area contributed by atoms with Crippen LogP contribution in [0.25, 0.3) is 0 Å². The highest BCUT2D eigenvalue weighted by Crippen LogP contribution is 2.28. The van der Waals surface area contributed by atoms with E-state index in [4.69, 9.17) is 14.6 Å². The SMILES string of the molecule is CCCOc1ccc(CO)cc1OCC. The van der Waals surface area contributed by atoms with E-state index >= 15 is 0 Å². The molecule has 0 bridgehead atoms. The Balaban J connectivity index is 2.82. The summed E-state index contributed by atoms with van der Waals surface area (Å²) in [6.07, 6.45) is 0.966. The molecule has 15 heavy (non-hydrogen) atoms. The van der Waals surface area contributed by atoms with Crippen molar-refractivity contribution in [3.63, 3.8) is 0 Å². The molecule has 0 amide bonds. The fourth-order valence-electron chi connectivity index (χ4n) is 1.25. The molecule has 1 N–H and O–H groups in total. The van der Waals surface area contributed by atoms with Gasteiger partial charge in [0, 0.05) is 0 Å². The molecular weight excluding hydrogens is 192 g/mol. The monoisotopic (exact) mass is 210 g/mol. The number of rotatable bonds is 6. The van der Waals surface area contributed by atoms with Crippen LogP contribution in [0.1, 0.15) is 25.8 Å². The Hall–Kier alpha value is -1.22. The average Bonchev–Trinajstić information content (AvgIpc) is 2.27. The second-order valence-electron chi connectivity index (χ2n) is 3.22. The fourth-order valence-corrected chi connectivity index (χ4v) is 1.25. The molecule has 3 nitrogen and oxygen atoms in total. The lowest BCUT2D eigenvalue weighted by Crippen LogP contribution is -2.00. The smallest absolute Gasteiger partial charge is 0.161 e. The number of benzene rings is 1. The lowest BCUT2D eigenvalue weighted by Gasteiger charge is -2.12. The topological polar surface area (TPSA) is 38.7 Å². The lowest BCUT2D eigenvalue weighted by atomic mass is 10.2. The minimum Gasteiger partial charge on any atom is -0.490 e. The van der Waals surface area contributed by atoms with Gasteiger partial charge in [-0.15, -0.1) is 0 Å². The van der Waals surface area contributed by atoms with Crippen molar-refractivity contribution < 1.29 is 14.6 Å². The molecule has 1 aromatic rings. The molecule has 0 aliphatic heterocycles. The predicted molar refractivity (Wildman–Crippen MR) is 59.3 cm³/mol. The van der Waals surface area contributed by atoms with Crippen LogP contribution in [-0.2, 0) is 6.61 Å². The Bertz CT molecular complexity index is 297. The summed E-state index contributed by atoms with van der Waals surface area (Å²) >= 11 is 0. The van der Waals surface area contributed by atoms with E-state index in [1.807, 2.05) is 25.1 Å². The van der Waals surface area contributed by atoms with Gasteiger partial charge in [0.15, 0.2) is 11.5 Å². The Morgan fingerprint density at radius 3 is 2.53 bits per heavy atom. The molecule has 0 saturated carbocycles. The van der Waals surface area contributed by atoms with E-state index in [2.05, 4.69) is 6.92 Å². The van der Waals surface area contributed by atoms with Gasteiger partial charge in [0.1, 0.15) is 0 Å². The zero-order valence-corrected chi connectivity index (χ0v) is 9.32. The molecular formula is C12H18O3. The van der Waals surface area contributed by atoms with Crippen LogP contribution in [-0.4, -0.2) is 18.3 Å². The number of aliphatic hydroxyl groups excluding tert-OH is 1. The molecule has 0 aliphatic carbocycles. The summed E-state index contributed by atoms with van der Waals surface area (Å²) in [5.74, 6) is 1.45. The summed E-state index contributed by atoms with van der Waals surface area (Å²) in [6.45, 7) is 5.28. The Labute approximate surface area is 90.6 Å². The number of hydrogen-bond donors (Lipinski definition) is 1. The number of ether oxygens (including phenoxy) is 2. The molecule has 0 radical (unpaired) electrons. The second-order valence-corrected chi connectivity index (χ2v) is 3.22. The van der Waals surface area contributed by atoms with Crippen LogP contribution in [0.4, 0.5) is 0 Å². The van der Waals surface area contributed by atoms with E-state index in [0.29, 0.717) is 19.0 Å². The third kappa shape index (κ3) is 3.44. The molecule has 3 heteroatoms. The van der Waals surface area contributed by atoms with Gasteiger partial charge in [-0.1, -0.05) is 13.0 Å². The summed E-state index contributed by atoms with van der Waals surface area (Å²) in [4.78, 5) is 0. The average molecular weight is 210 g/mol. The zero-order valence-electron chi connectivity index (χ0n) is 9.32. The molecule has 0 saturated heterocycles. The quantitative estimate of drug-likeness (QED) is 0.783. The Morgan fingerprint density at radius 2 is 1.93 bits per heavy atom. The molecule has 0 fully saturated rings. The minimum atomic E-state index is 0.0220. The van der Waals surface area contributed by atoms with Crippen molar-refractivity contribution in [2.24, 2.45) is 0 Å². The van der Waals surface area contributed by atoms with Crippen LogP contribution in [0, 0.1) is 0 Å². The standard InChI is InChI=1S/C12H18O3/c1-3-7-15-11-6-5-10(9-13)8-12(11)14-4-2/h5-6,8,13H,3-4,7,9H2,1-2H3. The zero-order chi connectivity index (χ0) is 11.1. The fraction of sp³-hybridized carbons (Fsp3) is 0.500. The van der Waals surface area contributed by atoms with Crippen LogP contribution in [0.3, 0.4) is 0 Å². The van der Waals surface area contributed by atoms with Gasteiger partial charge in [0.25, 0.3) is 0 Å². The van der Waals surface area contributed by atoms with Gasteiger partial charge in [-0.05, 0) is 31.0 Å². The van der Waals surface area contributed by atoms with Gasteiger partial charge < -0.3 is 14.6 Å². The molecule has 0 spiro atoms. The summed E-state index contributed by atoms with van der Waals surface area (Å²) in [5.41, 5.74) is 0.835. The third-order valence-electron chi connectivity index (χ3n) is 1.95. The van der Waals surface area contributed by atoms with Crippen LogP contribution in [0.2, 0.25) is 0 Å². The van der Waals surface area contributed by atoms with Crippen LogP contribution >= 0.6 is 0 Å². The summed E-state index contributed by atoms with van der Waals surface area (Å²) in [6, 6.07) is 5.49. The van der Waals surface area contributed by atoms with Crippen molar-refractivity contribution in [2.75, 3.05) is 13.2 Å². The van der Waals surface area contributed by atoms with Crippen LogP contribution in [0.5, 0.6) is 11.5 Å². The van der Waals surface area contributed by atoms with Crippen LogP contribution in [0.15, 0.2) is 18.2 Å². The van der Waals surface area contributed by atoms with Crippen molar-refractivity contribution in [3.05, 3.63) is 23.8 Å². The molecule has 0 atom stereocenters. The summed E-state index contributed by atoms with van der Waals surface area (Å²) in [7, 11) is 0. The third-order valence-corrected chi connectivity index (χ3v) is 1.95. The van der Waals surface area contributed by atoms with E-state index in [0.717, 1.165) is 17.7 Å². The lowest BCUT2D eigenvalue weighted by molar-refractivity contribution is 0.269. The Morgan fingerprint density at radius 1 is 1.13 bits per heavy atom. The van der Waals surface area contributed by atoms with Crippen molar-refractivity contribution in [1.29, 1.82) is 0 Å². The maximum Gasteiger partial charge on any atom is 0.161 e. The molecule has 0 aromatic heterocycles. The largest absolute Gasteiger partial charge is 0.490 e. The van der Waals surface area contributed by atoms with E-state index in [-0.39, 0.29) is 6.61 Å². The van der Waals surface area contributed by atoms with Crippen molar-refractivity contribution in [2.45, 2.75) is 26.9 Å². The molecule has 0 unspecified atom stereocenters. The predicted octanol–water partition coefficient (Wildman–Crippen LogP) is 2.37. The first-order valence-corrected chi connectivity index (χ1v) is 5.31. The number of aliphatic hydroxyl groups is 1. The maximum atomic E-state index is 9.00.